The molecule has 2 aromatic carbocycles. The molecule has 1 saturated carbocycles. The van der Waals surface area contributed by atoms with Crippen molar-refractivity contribution in [3.05, 3.63) is 65.4 Å². The molecule has 1 aromatic heterocycles. The quantitative estimate of drug-likeness (QED) is 0.316. The fourth-order valence-electron chi connectivity index (χ4n) is 7.42. The number of nitrogens with zero attached hydrogens (tertiary/aromatic N) is 7. The van der Waals surface area contributed by atoms with Gasteiger partial charge in [-0.05, 0) is 75.7 Å². The second kappa shape index (κ2) is 13.3. The van der Waals surface area contributed by atoms with Gasteiger partial charge in [0.2, 0.25) is 5.91 Å². The Morgan fingerprint density at radius 3 is 2.60 bits per heavy atom. The molecule has 0 unspecified atom stereocenters. The van der Waals surface area contributed by atoms with Crippen molar-refractivity contribution in [2.24, 2.45) is 5.92 Å². The van der Waals surface area contributed by atoms with Crippen LogP contribution in [0.1, 0.15) is 48.9 Å². The number of carbonyl (C=O) groups excluding carboxylic acids is 2. The molecule has 10 nitrogen and oxygen atoms in total. The van der Waals surface area contributed by atoms with Crippen LogP contribution in [0.3, 0.4) is 0 Å². The van der Waals surface area contributed by atoms with Crippen molar-refractivity contribution in [2.75, 3.05) is 56.2 Å². The van der Waals surface area contributed by atoms with Crippen LogP contribution in [-0.2, 0) is 22.6 Å². The lowest BCUT2D eigenvalue weighted by Crippen LogP contribution is -2.55. The summed E-state index contributed by atoms with van der Waals surface area (Å²) in [5.41, 5.74) is 4.52. The van der Waals surface area contributed by atoms with Crippen molar-refractivity contribution in [3.63, 3.8) is 0 Å². The van der Waals surface area contributed by atoms with Gasteiger partial charge in [0.05, 0.1) is 30.8 Å². The molecule has 7 rings (SSSR count). The molecule has 1 aliphatic carbocycles. The number of ether oxygens (including phenoxy) is 1. The number of benzene rings is 2. The summed E-state index contributed by atoms with van der Waals surface area (Å²) in [6, 6.07) is 15.6. The number of hydrogen-bond donors (Lipinski definition) is 0. The Balaban J connectivity index is 1.17. The molecule has 0 spiro atoms. The van der Waals surface area contributed by atoms with Gasteiger partial charge in [-0.1, -0.05) is 30.3 Å². The number of likely N-dealkylation sites (tertiary alicyclic amines) is 1. The first-order valence-electron chi connectivity index (χ1n) is 17.0. The Morgan fingerprint density at radius 2 is 1.83 bits per heavy atom. The highest BCUT2D eigenvalue weighted by atomic mass is 16.5. The number of aryl methyl sites for hydroxylation is 1. The maximum absolute atomic E-state index is 13.2. The van der Waals surface area contributed by atoms with E-state index < -0.39 is 0 Å². The van der Waals surface area contributed by atoms with Crippen LogP contribution in [0.2, 0.25) is 0 Å². The van der Waals surface area contributed by atoms with Crippen LogP contribution in [0.4, 0.5) is 11.5 Å². The summed E-state index contributed by atoms with van der Waals surface area (Å²) in [6.45, 7) is 6.71. The maximum Gasteiger partial charge on any atom is 0.318 e. The number of likely N-dealkylation sites (N-methyl/N-ethyl adjacent to an activating group) is 1. The molecular formula is C37H43N7O3. The number of ketones is 1. The fourth-order valence-corrected chi connectivity index (χ4v) is 7.42. The number of rotatable bonds is 9. The molecule has 244 valence electrons. The lowest BCUT2D eigenvalue weighted by atomic mass is 9.99. The van der Waals surface area contributed by atoms with Gasteiger partial charge in [-0.25, -0.2) is 0 Å². The number of aromatic nitrogens is 2. The van der Waals surface area contributed by atoms with Crippen LogP contribution in [0, 0.1) is 24.2 Å². The standard InChI is InChI=1S/C37H43N7O3/c1-25-6-3-7-27-8-4-10-32(35(25)27)42-19-16-30-31(23-42)39-37(47-24-29-9-5-18-41(29)2)40-36(30)43-20-21-44(28(22-43)15-17-38)34(46)14-13-33(45)26-11-12-26/h3-4,6-8,10,13-14,26,28-29H,5,9,11-12,15-16,18-24H2,1-2H3/b14-13+/t28-,29-/m0/s1. The highest BCUT2D eigenvalue weighted by Crippen LogP contribution is 2.36. The van der Waals surface area contributed by atoms with E-state index in [2.05, 4.69) is 71.1 Å². The van der Waals surface area contributed by atoms with E-state index in [0.717, 1.165) is 62.3 Å². The van der Waals surface area contributed by atoms with Gasteiger partial charge in [0.15, 0.2) is 5.78 Å². The minimum atomic E-state index is -0.317. The van der Waals surface area contributed by atoms with Gasteiger partial charge in [-0.15, -0.1) is 0 Å². The van der Waals surface area contributed by atoms with Crippen molar-refractivity contribution in [3.8, 4) is 12.1 Å². The van der Waals surface area contributed by atoms with Gasteiger partial charge in [0, 0.05) is 60.9 Å². The molecule has 0 radical (unpaired) electrons. The van der Waals surface area contributed by atoms with Gasteiger partial charge >= 0.3 is 6.01 Å². The van der Waals surface area contributed by atoms with Crippen molar-refractivity contribution in [2.45, 2.75) is 64.1 Å². The SMILES string of the molecule is Cc1cccc2cccc(N3CCc4c(nc(OC[C@@H]5CCCN5C)nc4N4CCN(C(=O)/C=C/C(=O)C5CC5)[C@@H](CC#N)C4)C3)c12. The molecule has 3 fully saturated rings. The molecule has 47 heavy (non-hydrogen) atoms. The molecular weight excluding hydrogens is 590 g/mol. The summed E-state index contributed by atoms with van der Waals surface area (Å²) in [5.74, 6) is 0.716. The van der Waals surface area contributed by atoms with Crippen molar-refractivity contribution in [1.82, 2.24) is 19.8 Å². The summed E-state index contributed by atoms with van der Waals surface area (Å²) in [4.78, 5) is 44.1. The van der Waals surface area contributed by atoms with E-state index in [4.69, 9.17) is 14.7 Å². The third-order valence-electron chi connectivity index (χ3n) is 10.3. The van der Waals surface area contributed by atoms with Gasteiger partial charge in [0.25, 0.3) is 0 Å². The van der Waals surface area contributed by atoms with Crippen LogP contribution in [0.25, 0.3) is 10.8 Å². The molecule has 2 saturated heterocycles. The minimum absolute atomic E-state index is 0.0189. The summed E-state index contributed by atoms with van der Waals surface area (Å²) in [6.07, 6.45) is 7.84. The van der Waals surface area contributed by atoms with Crippen LogP contribution in [0.15, 0.2) is 48.6 Å². The second-order valence-corrected chi connectivity index (χ2v) is 13.5. The molecule has 2 atom stereocenters. The number of anilines is 2. The first kappa shape index (κ1) is 31.1. The zero-order valence-electron chi connectivity index (χ0n) is 27.4. The normalized spacial score (nSPS) is 21.7. The molecule has 10 heteroatoms. The second-order valence-electron chi connectivity index (χ2n) is 13.5. The predicted octanol–water partition coefficient (Wildman–Crippen LogP) is 4.44. The molecule has 3 aromatic rings. The topological polar surface area (TPSA) is 106 Å². The van der Waals surface area contributed by atoms with Crippen LogP contribution < -0.4 is 14.5 Å². The van der Waals surface area contributed by atoms with E-state index in [1.54, 1.807) is 4.90 Å². The molecule has 4 heterocycles. The fraction of sp³-hybridized carbons (Fsp3) is 0.486. The van der Waals surface area contributed by atoms with E-state index in [1.165, 1.54) is 34.2 Å². The summed E-state index contributed by atoms with van der Waals surface area (Å²) in [7, 11) is 2.14. The van der Waals surface area contributed by atoms with E-state index in [-0.39, 0.29) is 30.1 Å². The Labute approximate surface area is 276 Å². The number of amides is 1. The van der Waals surface area contributed by atoms with Crippen LogP contribution >= 0.6 is 0 Å². The monoisotopic (exact) mass is 633 g/mol. The highest BCUT2D eigenvalue weighted by molar-refractivity contribution is 6.00. The van der Waals surface area contributed by atoms with Crippen LogP contribution in [-0.4, -0.2) is 89.9 Å². The Hall–Kier alpha value is -4.49. The number of carbonyl (C=O) groups is 2. The number of fused-ring (bicyclic) bond motifs is 2. The zero-order chi connectivity index (χ0) is 32.5. The largest absolute Gasteiger partial charge is 0.462 e. The minimum Gasteiger partial charge on any atom is -0.462 e. The van der Waals surface area contributed by atoms with Gasteiger partial charge in [-0.2, -0.15) is 15.2 Å². The lowest BCUT2D eigenvalue weighted by molar-refractivity contribution is -0.129. The molecule has 4 aliphatic rings. The molecule has 0 N–H and O–H groups in total. The van der Waals surface area contributed by atoms with E-state index in [1.807, 2.05) is 0 Å². The third kappa shape index (κ3) is 6.54. The first-order chi connectivity index (χ1) is 22.9. The maximum atomic E-state index is 13.2. The van der Waals surface area contributed by atoms with Gasteiger partial charge < -0.3 is 24.3 Å². The summed E-state index contributed by atoms with van der Waals surface area (Å²) < 4.78 is 6.33. The van der Waals surface area contributed by atoms with Gasteiger partial charge in [0.1, 0.15) is 12.4 Å². The van der Waals surface area contributed by atoms with Gasteiger partial charge in [-0.3, -0.25) is 9.59 Å². The zero-order valence-corrected chi connectivity index (χ0v) is 27.4. The van der Waals surface area contributed by atoms with E-state index in [0.29, 0.717) is 44.8 Å². The van der Waals surface area contributed by atoms with Crippen LogP contribution in [0.5, 0.6) is 6.01 Å². The lowest BCUT2D eigenvalue weighted by Gasteiger charge is -2.42. The smallest absolute Gasteiger partial charge is 0.318 e. The Kier molecular flexibility index (Phi) is 8.82. The number of hydrogen-bond acceptors (Lipinski definition) is 9. The van der Waals surface area contributed by atoms with Crippen molar-refractivity contribution >= 4 is 34.0 Å². The third-order valence-corrected chi connectivity index (χ3v) is 10.3. The predicted molar refractivity (Wildman–Crippen MR) is 181 cm³/mol. The highest BCUT2D eigenvalue weighted by Gasteiger charge is 2.34. The first-order valence-corrected chi connectivity index (χ1v) is 17.0. The van der Waals surface area contributed by atoms with Crippen molar-refractivity contribution < 1.29 is 14.3 Å². The summed E-state index contributed by atoms with van der Waals surface area (Å²) in [5, 5.41) is 12.2. The van der Waals surface area contributed by atoms with E-state index >= 15 is 0 Å². The molecule has 0 bridgehead atoms. The number of allylic oxidation sites excluding steroid dienone is 1. The van der Waals surface area contributed by atoms with E-state index in [9.17, 15) is 14.9 Å². The Morgan fingerprint density at radius 1 is 1.00 bits per heavy atom. The Bertz CT molecular complexity index is 1740. The average Bonchev–Trinajstić information content (AvgIpc) is 3.86. The van der Waals surface area contributed by atoms with Crippen molar-refractivity contribution in [1.29, 1.82) is 5.26 Å². The molecule has 3 aliphatic heterocycles. The summed E-state index contributed by atoms with van der Waals surface area (Å²) >= 11 is 0. The molecule has 1 amide bonds. The number of piperazine rings is 1. The number of nitriles is 1. The average molecular weight is 634 g/mol.